The van der Waals surface area contributed by atoms with E-state index in [-0.39, 0.29) is 5.78 Å². The van der Waals surface area contributed by atoms with Crippen LogP contribution in [0.2, 0.25) is 0 Å². The van der Waals surface area contributed by atoms with E-state index in [1.54, 1.807) is 18.2 Å². The molecule has 0 radical (unpaired) electrons. The molecule has 0 aliphatic heterocycles. The maximum absolute atomic E-state index is 11.4. The molecule has 1 atom stereocenters. The predicted molar refractivity (Wildman–Crippen MR) is 55.6 cm³/mol. The van der Waals surface area contributed by atoms with E-state index in [9.17, 15) is 9.59 Å². The number of carbonyl (C=O) groups excluding carboxylic acids is 1. The van der Waals surface area contributed by atoms with Crippen molar-refractivity contribution in [3.63, 3.8) is 0 Å². The van der Waals surface area contributed by atoms with Gasteiger partial charge < -0.3 is 5.11 Å². The first kappa shape index (κ1) is 9.65. The molecule has 1 aromatic carbocycles. The molecular weight excluding hydrogens is 192 g/mol. The summed E-state index contributed by atoms with van der Waals surface area (Å²) >= 11 is 0. The van der Waals surface area contributed by atoms with Gasteiger partial charge in [-0.2, -0.15) is 0 Å². The molecule has 76 valence electrons. The van der Waals surface area contributed by atoms with Gasteiger partial charge in [0.1, 0.15) is 5.92 Å². The topological polar surface area (TPSA) is 54.4 Å². The van der Waals surface area contributed by atoms with Crippen LogP contribution in [0.5, 0.6) is 0 Å². The van der Waals surface area contributed by atoms with E-state index in [1.165, 1.54) is 6.08 Å². The first-order valence-corrected chi connectivity index (χ1v) is 4.65. The highest BCUT2D eigenvalue weighted by atomic mass is 16.4. The first-order chi connectivity index (χ1) is 7.11. The van der Waals surface area contributed by atoms with E-state index >= 15 is 0 Å². The van der Waals surface area contributed by atoms with E-state index in [2.05, 4.69) is 0 Å². The number of fused-ring (bicyclic) bond motifs is 1. The molecule has 0 bridgehead atoms. The lowest BCUT2D eigenvalue weighted by molar-refractivity contribution is -0.141. The van der Waals surface area contributed by atoms with Gasteiger partial charge in [0.2, 0.25) is 0 Å². The van der Waals surface area contributed by atoms with E-state index < -0.39 is 11.9 Å². The molecule has 1 aliphatic carbocycles. The number of hydrogen-bond donors (Lipinski definition) is 1. The molecule has 0 saturated heterocycles. The number of carbonyl (C=O) groups is 2. The average molecular weight is 202 g/mol. The summed E-state index contributed by atoms with van der Waals surface area (Å²) in [6, 6.07) is 5.37. The summed E-state index contributed by atoms with van der Waals surface area (Å²) in [6.07, 6.45) is 3.03. The summed E-state index contributed by atoms with van der Waals surface area (Å²) in [5, 5.41) is 8.99. The van der Waals surface area contributed by atoms with Crippen molar-refractivity contribution in [2.45, 2.75) is 12.8 Å². The molecule has 0 heterocycles. The number of benzene rings is 1. The molecule has 1 aliphatic rings. The van der Waals surface area contributed by atoms with Crippen LogP contribution in [0.15, 0.2) is 24.3 Å². The molecule has 1 unspecified atom stereocenters. The van der Waals surface area contributed by atoms with E-state index in [0.717, 1.165) is 11.1 Å². The highest BCUT2D eigenvalue weighted by molar-refractivity contribution is 6.13. The predicted octanol–water partition coefficient (Wildman–Crippen LogP) is 1.76. The zero-order valence-corrected chi connectivity index (χ0v) is 8.23. The largest absolute Gasteiger partial charge is 0.480 e. The van der Waals surface area contributed by atoms with Crippen LogP contribution in [-0.4, -0.2) is 16.9 Å². The number of allylic oxidation sites excluding steroid dienone is 1. The fourth-order valence-electron chi connectivity index (χ4n) is 1.85. The minimum Gasteiger partial charge on any atom is -0.480 e. The second-order valence-corrected chi connectivity index (χ2v) is 3.58. The van der Waals surface area contributed by atoms with Crippen molar-refractivity contribution in [3.05, 3.63) is 41.0 Å². The molecule has 0 fully saturated rings. The molecule has 0 spiro atoms. The lowest BCUT2D eigenvalue weighted by Gasteiger charge is -2.18. The van der Waals surface area contributed by atoms with Crippen LogP contribution in [0.25, 0.3) is 6.08 Å². The Morgan fingerprint density at radius 3 is 2.73 bits per heavy atom. The van der Waals surface area contributed by atoms with Crippen LogP contribution in [-0.2, 0) is 9.59 Å². The summed E-state index contributed by atoms with van der Waals surface area (Å²) in [6.45, 7) is 1.90. The van der Waals surface area contributed by atoms with Crippen molar-refractivity contribution in [1.82, 2.24) is 0 Å². The van der Waals surface area contributed by atoms with E-state index in [1.807, 2.05) is 13.0 Å². The molecule has 3 nitrogen and oxygen atoms in total. The number of rotatable bonds is 1. The Kier molecular flexibility index (Phi) is 2.15. The molecule has 0 amide bonds. The van der Waals surface area contributed by atoms with Gasteiger partial charge in [-0.25, -0.2) is 0 Å². The van der Waals surface area contributed by atoms with Gasteiger partial charge in [0.05, 0.1) is 0 Å². The zero-order valence-electron chi connectivity index (χ0n) is 8.23. The van der Waals surface area contributed by atoms with Gasteiger partial charge in [-0.05, 0) is 29.7 Å². The Labute approximate surface area is 87.0 Å². The molecule has 15 heavy (non-hydrogen) atoms. The van der Waals surface area contributed by atoms with Crippen molar-refractivity contribution in [2.75, 3.05) is 0 Å². The molecule has 2 rings (SSSR count). The van der Waals surface area contributed by atoms with Gasteiger partial charge in [-0.15, -0.1) is 0 Å². The summed E-state index contributed by atoms with van der Waals surface area (Å²) in [7, 11) is 0. The fourth-order valence-corrected chi connectivity index (χ4v) is 1.85. The minimum absolute atomic E-state index is 0.361. The molecule has 1 N–H and O–H groups in total. The van der Waals surface area contributed by atoms with Crippen LogP contribution in [0.4, 0.5) is 0 Å². The van der Waals surface area contributed by atoms with Crippen molar-refractivity contribution in [2.24, 2.45) is 0 Å². The summed E-state index contributed by atoms with van der Waals surface area (Å²) < 4.78 is 0. The number of ketones is 1. The third kappa shape index (κ3) is 1.46. The van der Waals surface area contributed by atoms with E-state index in [0.29, 0.717) is 5.56 Å². The monoisotopic (exact) mass is 202 g/mol. The van der Waals surface area contributed by atoms with Crippen LogP contribution in [0, 0.1) is 6.92 Å². The smallest absolute Gasteiger partial charge is 0.318 e. The fraction of sp³-hybridized carbons (Fsp3) is 0.167. The van der Waals surface area contributed by atoms with Crippen molar-refractivity contribution < 1.29 is 14.7 Å². The van der Waals surface area contributed by atoms with Crippen molar-refractivity contribution in [1.29, 1.82) is 0 Å². The maximum Gasteiger partial charge on any atom is 0.318 e. The van der Waals surface area contributed by atoms with Gasteiger partial charge in [0.25, 0.3) is 0 Å². The normalized spacial score (nSPS) is 18.7. The number of carboxylic acid groups (broad SMARTS) is 1. The summed E-state index contributed by atoms with van der Waals surface area (Å²) in [5.74, 6) is -2.48. The van der Waals surface area contributed by atoms with Crippen LogP contribution >= 0.6 is 0 Å². The van der Waals surface area contributed by atoms with Crippen LogP contribution in [0.3, 0.4) is 0 Å². The molecule has 0 saturated carbocycles. The minimum atomic E-state index is -1.09. The van der Waals surface area contributed by atoms with Crippen LogP contribution < -0.4 is 0 Å². The van der Waals surface area contributed by atoms with Gasteiger partial charge in [0.15, 0.2) is 5.78 Å². The van der Waals surface area contributed by atoms with Gasteiger partial charge in [-0.1, -0.05) is 24.3 Å². The SMILES string of the molecule is Cc1cccc2c1C=CC(=O)C2C(=O)O. The number of aliphatic carboxylic acids is 1. The second-order valence-electron chi connectivity index (χ2n) is 3.58. The molecule has 0 aromatic heterocycles. The molecule has 3 heteroatoms. The van der Waals surface area contributed by atoms with Gasteiger partial charge in [0, 0.05) is 0 Å². The van der Waals surface area contributed by atoms with E-state index in [4.69, 9.17) is 5.11 Å². The lowest BCUT2D eigenvalue weighted by Crippen LogP contribution is -2.23. The summed E-state index contributed by atoms with van der Waals surface area (Å²) in [5.41, 5.74) is 2.43. The number of carboxylic acids is 1. The first-order valence-electron chi connectivity index (χ1n) is 4.65. The Hall–Kier alpha value is -1.90. The quantitative estimate of drug-likeness (QED) is 0.706. The van der Waals surface area contributed by atoms with Gasteiger partial charge >= 0.3 is 5.97 Å². The molecule has 1 aromatic rings. The Balaban J connectivity index is 2.65. The number of hydrogen-bond acceptors (Lipinski definition) is 2. The Morgan fingerprint density at radius 1 is 1.33 bits per heavy atom. The molecular formula is C12H10O3. The third-order valence-electron chi connectivity index (χ3n) is 2.61. The highest BCUT2D eigenvalue weighted by Gasteiger charge is 2.30. The van der Waals surface area contributed by atoms with Crippen LogP contribution in [0.1, 0.15) is 22.6 Å². The third-order valence-corrected chi connectivity index (χ3v) is 2.61. The maximum atomic E-state index is 11.4. The van der Waals surface area contributed by atoms with Gasteiger partial charge in [-0.3, -0.25) is 9.59 Å². The second kappa shape index (κ2) is 3.35. The number of aryl methyl sites for hydroxylation is 1. The zero-order chi connectivity index (χ0) is 11.0. The average Bonchev–Trinajstić information content (AvgIpc) is 2.17. The Morgan fingerprint density at radius 2 is 2.07 bits per heavy atom. The Bertz CT molecular complexity index is 472. The van der Waals surface area contributed by atoms with Crippen molar-refractivity contribution in [3.8, 4) is 0 Å². The standard InChI is InChI=1S/C12H10O3/c1-7-3-2-4-9-8(7)5-6-10(13)11(9)12(14)15/h2-6,11H,1H3,(H,14,15). The lowest BCUT2D eigenvalue weighted by atomic mass is 9.84. The van der Waals surface area contributed by atoms with Crippen molar-refractivity contribution >= 4 is 17.8 Å². The highest BCUT2D eigenvalue weighted by Crippen LogP contribution is 2.29. The summed E-state index contributed by atoms with van der Waals surface area (Å²) in [4.78, 5) is 22.4.